The highest BCUT2D eigenvalue weighted by Crippen LogP contribution is 2.01. The first kappa shape index (κ1) is 8.48. The minimum absolute atomic E-state index is 0.440. The number of pyridine rings is 1. The van der Waals surface area contributed by atoms with Crippen LogP contribution in [0.1, 0.15) is 17.7 Å². The van der Waals surface area contributed by atoms with Gasteiger partial charge in [-0.05, 0) is 30.7 Å². The van der Waals surface area contributed by atoms with Gasteiger partial charge < -0.3 is 0 Å². The van der Waals surface area contributed by atoms with Gasteiger partial charge >= 0.3 is 0 Å². The quantitative estimate of drug-likeness (QED) is 0.662. The van der Waals surface area contributed by atoms with E-state index in [2.05, 4.69) is 4.98 Å². The highest BCUT2D eigenvalue weighted by atomic mass is 14.6. The first-order chi connectivity index (χ1) is 5.83. The average Bonchev–Trinajstić information content (AvgIpc) is 2.05. The first-order valence-electron chi connectivity index (χ1n) is 3.79. The maximum atomic E-state index is 8.28. The summed E-state index contributed by atoms with van der Waals surface area (Å²) in [6.07, 6.45) is 5.87. The third-order valence-corrected chi connectivity index (χ3v) is 1.43. The van der Waals surface area contributed by atoms with Crippen molar-refractivity contribution in [1.29, 1.82) is 5.26 Å². The van der Waals surface area contributed by atoms with Gasteiger partial charge in [0, 0.05) is 6.20 Å². The zero-order valence-electron chi connectivity index (χ0n) is 6.99. The monoisotopic (exact) mass is 158 g/mol. The fourth-order valence-electron chi connectivity index (χ4n) is 0.883. The average molecular weight is 158 g/mol. The molecule has 0 saturated carbocycles. The molecule has 1 heterocycles. The number of nitriles is 1. The van der Waals surface area contributed by atoms with Gasteiger partial charge in [-0.1, -0.05) is 6.08 Å². The lowest BCUT2D eigenvalue weighted by molar-refractivity contribution is 1.25. The van der Waals surface area contributed by atoms with E-state index in [9.17, 15) is 0 Å². The van der Waals surface area contributed by atoms with Crippen molar-refractivity contribution in [3.63, 3.8) is 0 Å². The summed E-state index contributed by atoms with van der Waals surface area (Å²) in [6.45, 7) is 2.02. The predicted octanol–water partition coefficient (Wildman–Crippen LogP) is 2.32. The van der Waals surface area contributed by atoms with Crippen LogP contribution in [0, 0.1) is 18.3 Å². The summed E-state index contributed by atoms with van der Waals surface area (Å²) >= 11 is 0. The molecule has 0 atom stereocenters. The molecule has 0 saturated heterocycles. The first-order valence-corrected chi connectivity index (χ1v) is 3.79. The summed E-state index contributed by atoms with van der Waals surface area (Å²) in [6, 6.07) is 5.96. The summed E-state index contributed by atoms with van der Waals surface area (Å²) < 4.78 is 0. The van der Waals surface area contributed by atoms with Crippen LogP contribution in [0.3, 0.4) is 0 Å². The second kappa shape index (κ2) is 4.30. The Morgan fingerprint density at radius 2 is 2.50 bits per heavy atom. The van der Waals surface area contributed by atoms with Gasteiger partial charge in [0.05, 0.1) is 18.2 Å². The SMILES string of the molecule is Cc1ccnc(C=CCC#N)c1. The molecule has 0 N–H and O–H groups in total. The van der Waals surface area contributed by atoms with E-state index in [0.717, 1.165) is 5.69 Å². The van der Waals surface area contributed by atoms with Crippen molar-refractivity contribution in [2.24, 2.45) is 0 Å². The number of aromatic nitrogens is 1. The van der Waals surface area contributed by atoms with Crippen molar-refractivity contribution in [2.45, 2.75) is 13.3 Å². The predicted molar refractivity (Wildman–Crippen MR) is 48.2 cm³/mol. The topological polar surface area (TPSA) is 36.7 Å². The van der Waals surface area contributed by atoms with E-state index in [4.69, 9.17) is 5.26 Å². The molecule has 0 radical (unpaired) electrons. The molecule has 1 aromatic rings. The molecule has 0 aliphatic carbocycles. The van der Waals surface area contributed by atoms with Gasteiger partial charge in [0.15, 0.2) is 0 Å². The van der Waals surface area contributed by atoms with Crippen molar-refractivity contribution in [1.82, 2.24) is 4.98 Å². The van der Waals surface area contributed by atoms with Gasteiger partial charge in [-0.25, -0.2) is 0 Å². The number of rotatable bonds is 2. The van der Waals surface area contributed by atoms with Crippen molar-refractivity contribution in [3.8, 4) is 6.07 Å². The van der Waals surface area contributed by atoms with Crippen LogP contribution in [0.2, 0.25) is 0 Å². The molecule has 1 aromatic heterocycles. The van der Waals surface area contributed by atoms with Crippen LogP contribution < -0.4 is 0 Å². The molecule has 60 valence electrons. The summed E-state index contributed by atoms with van der Waals surface area (Å²) in [4.78, 5) is 4.12. The normalized spacial score (nSPS) is 10.0. The van der Waals surface area contributed by atoms with Gasteiger partial charge in [0.25, 0.3) is 0 Å². The Hall–Kier alpha value is -1.62. The van der Waals surface area contributed by atoms with Crippen molar-refractivity contribution >= 4 is 6.08 Å². The van der Waals surface area contributed by atoms with Crippen LogP contribution in [-0.2, 0) is 0 Å². The Labute approximate surface area is 72.2 Å². The van der Waals surface area contributed by atoms with Gasteiger partial charge in [-0.15, -0.1) is 0 Å². The molecule has 0 bridgehead atoms. The molecule has 2 heteroatoms. The summed E-state index contributed by atoms with van der Waals surface area (Å²) in [7, 11) is 0. The number of nitrogens with zero attached hydrogens (tertiary/aromatic N) is 2. The number of aryl methyl sites for hydroxylation is 1. The maximum absolute atomic E-state index is 8.28. The van der Waals surface area contributed by atoms with Crippen LogP contribution in [0.4, 0.5) is 0 Å². The minimum Gasteiger partial charge on any atom is -0.257 e. The van der Waals surface area contributed by atoms with Gasteiger partial charge in [-0.2, -0.15) is 5.26 Å². The van der Waals surface area contributed by atoms with E-state index in [1.807, 2.05) is 37.3 Å². The lowest BCUT2D eigenvalue weighted by Gasteiger charge is -1.92. The molecule has 0 spiro atoms. The van der Waals surface area contributed by atoms with Crippen molar-refractivity contribution in [3.05, 3.63) is 35.7 Å². The molecule has 0 amide bonds. The van der Waals surface area contributed by atoms with E-state index < -0.39 is 0 Å². The smallest absolute Gasteiger partial charge is 0.0663 e. The van der Waals surface area contributed by atoms with Crippen molar-refractivity contribution in [2.75, 3.05) is 0 Å². The van der Waals surface area contributed by atoms with Crippen LogP contribution in [-0.4, -0.2) is 4.98 Å². The van der Waals surface area contributed by atoms with E-state index in [-0.39, 0.29) is 0 Å². The Kier molecular flexibility index (Phi) is 3.04. The Balaban J connectivity index is 2.71. The van der Waals surface area contributed by atoms with Crippen molar-refractivity contribution < 1.29 is 0 Å². The molecule has 12 heavy (non-hydrogen) atoms. The standard InChI is InChI=1S/C10H10N2/c1-9-5-7-12-10(8-9)4-2-3-6-11/h2,4-5,7-8H,3H2,1H3. The highest BCUT2D eigenvalue weighted by molar-refractivity contribution is 5.45. The van der Waals surface area contributed by atoms with E-state index in [0.29, 0.717) is 6.42 Å². The van der Waals surface area contributed by atoms with Crippen LogP contribution in [0.5, 0.6) is 0 Å². The number of hydrogen-bond donors (Lipinski definition) is 0. The van der Waals surface area contributed by atoms with E-state index >= 15 is 0 Å². The molecule has 0 aliphatic rings. The third-order valence-electron chi connectivity index (χ3n) is 1.43. The number of allylic oxidation sites excluding steroid dienone is 1. The largest absolute Gasteiger partial charge is 0.257 e. The number of hydrogen-bond acceptors (Lipinski definition) is 2. The summed E-state index contributed by atoms with van der Waals surface area (Å²) in [5.41, 5.74) is 2.09. The molecule has 2 nitrogen and oxygen atoms in total. The van der Waals surface area contributed by atoms with Crippen LogP contribution >= 0.6 is 0 Å². The van der Waals surface area contributed by atoms with Gasteiger partial charge in [0.2, 0.25) is 0 Å². The fourth-order valence-corrected chi connectivity index (χ4v) is 0.883. The minimum atomic E-state index is 0.440. The van der Waals surface area contributed by atoms with Crippen LogP contribution in [0.25, 0.3) is 6.08 Å². The zero-order chi connectivity index (χ0) is 8.81. The zero-order valence-corrected chi connectivity index (χ0v) is 6.99. The Morgan fingerprint density at radius 3 is 3.17 bits per heavy atom. The molecule has 0 fully saturated rings. The lowest BCUT2D eigenvalue weighted by Crippen LogP contribution is -1.80. The molecular formula is C10H10N2. The highest BCUT2D eigenvalue weighted by Gasteiger charge is 1.87. The third kappa shape index (κ3) is 2.55. The van der Waals surface area contributed by atoms with Crippen LogP contribution in [0.15, 0.2) is 24.4 Å². The second-order valence-corrected chi connectivity index (χ2v) is 2.52. The lowest BCUT2D eigenvalue weighted by atomic mass is 10.2. The summed E-state index contributed by atoms with van der Waals surface area (Å²) in [5.74, 6) is 0. The molecule has 0 aliphatic heterocycles. The molecule has 0 unspecified atom stereocenters. The maximum Gasteiger partial charge on any atom is 0.0663 e. The second-order valence-electron chi connectivity index (χ2n) is 2.52. The van der Waals surface area contributed by atoms with E-state index in [1.165, 1.54) is 5.56 Å². The Bertz CT molecular complexity index is 321. The fraction of sp³-hybridized carbons (Fsp3) is 0.200. The van der Waals surface area contributed by atoms with Gasteiger partial charge in [-0.3, -0.25) is 4.98 Å². The molecule has 1 rings (SSSR count). The Morgan fingerprint density at radius 1 is 1.67 bits per heavy atom. The van der Waals surface area contributed by atoms with E-state index in [1.54, 1.807) is 6.20 Å². The van der Waals surface area contributed by atoms with Gasteiger partial charge in [0.1, 0.15) is 0 Å². The molecule has 0 aromatic carbocycles. The summed E-state index contributed by atoms with van der Waals surface area (Å²) in [5, 5.41) is 8.28. The molecular weight excluding hydrogens is 148 g/mol.